The van der Waals surface area contributed by atoms with E-state index in [1.54, 1.807) is 0 Å². The molecule has 1 rings (SSSR count). The third-order valence-electron chi connectivity index (χ3n) is 5.74. The second-order valence-electron chi connectivity index (χ2n) is 8.64. The van der Waals surface area contributed by atoms with E-state index in [0.29, 0.717) is 18.8 Å². The Balaban J connectivity index is 2.56. The van der Waals surface area contributed by atoms with Gasteiger partial charge in [0.15, 0.2) is 0 Å². The maximum Gasteiger partial charge on any atom is 0.310 e. The van der Waals surface area contributed by atoms with Crippen molar-refractivity contribution in [2.45, 2.75) is 104 Å². The van der Waals surface area contributed by atoms with E-state index in [1.165, 1.54) is 37.7 Å². The third kappa shape index (κ3) is 12.4. The van der Waals surface area contributed by atoms with E-state index in [4.69, 9.17) is 9.47 Å². The molecule has 0 saturated carbocycles. The molecule has 178 valence electrons. The molecule has 1 aliphatic rings. The summed E-state index contributed by atoms with van der Waals surface area (Å²) in [5, 5.41) is 0. The fraction of sp³-hybridized carbons (Fsp3) is 0.769. The quantitative estimate of drug-likeness (QED) is 0.129. The Morgan fingerprint density at radius 1 is 1.06 bits per heavy atom. The van der Waals surface area contributed by atoms with Gasteiger partial charge in [0.1, 0.15) is 5.76 Å². The summed E-state index contributed by atoms with van der Waals surface area (Å²) < 4.78 is 10.4. The van der Waals surface area contributed by atoms with E-state index in [0.717, 1.165) is 62.4 Å². The number of unbranched alkanes of at least 4 members (excludes halogenated alkanes) is 3. The summed E-state index contributed by atoms with van der Waals surface area (Å²) in [5.41, 5.74) is 0. The van der Waals surface area contributed by atoms with Gasteiger partial charge in [-0.25, -0.2) is 0 Å². The smallest absolute Gasteiger partial charge is 0.310 e. The molecule has 1 unspecified atom stereocenters. The van der Waals surface area contributed by atoms with Gasteiger partial charge in [-0.05, 0) is 50.2 Å². The van der Waals surface area contributed by atoms with Crippen molar-refractivity contribution in [1.29, 1.82) is 0 Å². The van der Waals surface area contributed by atoms with E-state index in [-0.39, 0.29) is 11.9 Å². The van der Waals surface area contributed by atoms with Gasteiger partial charge in [0.2, 0.25) is 0 Å². The molecule has 0 radical (unpaired) electrons. The molecular weight excluding hydrogens is 408 g/mol. The number of rotatable bonds is 17. The predicted molar refractivity (Wildman–Crippen MR) is 131 cm³/mol. The number of carbonyl (C=O) groups is 2. The number of ether oxygens (including phenoxy) is 2. The summed E-state index contributed by atoms with van der Waals surface area (Å²) in [5.74, 6) is 2.80. The normalized spacial score (nSPS) is 17.4. The van der Waals surface area contributed by atoms with E-state index < -0.39 is 0 Å². The van der Waals surface area contributed by atoms with Crippen molar-refractivity contribution in [3.63, 3.8) is 0 Å². The molecular formula is C26H44O4S. The molecule has 0 aromatic heterocycles. The van der Waals surface area contributed by atoms with E-state index in [2.05, 4.69) is 26.0 Å². The molecule has 0 fully saturated rings. The first-order valence-corrected chi connectivity index (χ1v) is 13.3. The molecule has 2 atom stereocenters. The number of allylic oxidation sites excluding steroid dienone is 4. The zero-order chi connectivity index (χ0) is 22.9. The summed E-state index contributed by atoms with van der Waals surface area (Å²) >= 11 is 1.84. The lowest BCUT2D eigenvalue weighted by atomic mass is 9.98. The molecule has 31 heavy (non-hydrogen) atoms. The molecule has 0 aromatic rings. The van der Waals surface area contributed by atoms with Crippen LogP contribution in [0.5, 0.6) is 0 Å². The molecule has 0 aliphatic heterocycles. The molecule has 0 heterocycles. The highest BCUT2D eigenvalue weighted by Gasteiger charge is 2.26. The van der Waals surface area contributed by atoms with Crippen LogP contribution in [0.4, 0.5) is 0 Å². The van der Waals surface area contributed by atoms with Crippen LogP contribution in [0.1, 0.15) is 104 Å². The lowest BCUT2D eigenvalue weighted by Crippen LogP contribution is -2.04. The Bertz CT molecular complexity index is 582. The Hall–Kier alpha value is -1.23. The van der Waals surface area contributed by atoms with Crippen LogP contribution >= 0.6 is 11.8 Å². The molecule has 0 bridgehead atoms. The summed E-state index contributed by atoms with van der Waals surface area (Å²) in [6.07, 6.45) is 17.5. The Labute approximate surface area is 194 Å². The molecule has 0 spiro atoms. The lowest BCUT2D eigenvalue weighted by Gasteiger charge is -2.13. The van der Waals surface area contributed by atoms with Crippen LogP contribution in [0.15, 0.2) is 22.8 Å². The molecule has 1 aliphatic carbocycles. The molecule has 0 aromatic carbocycles. The van der Waals surface area contributed by atoms with E-state index in [9.17, 15) is 9.59 Å². The number of carbonyl (C=O) groups excluding carboxylic acids is 2. The second kappa shape index (κ2) is 17.3. The Kier molecular flexibility index (Phi) is 15.6. The third-order valence-corrected chi connectivity index (χ3v) is 7.07. The van der Waals surface area contributed by atoms with Crippen LogP contribution in [-0.4, -0.2) is 24.8 Å². The van der Waals surface area contributed by atoms with Crippen molar-refractivity contribution in [2.75, 3.05) is 12.9 Å². The van der Waals surface area contributed by atoms with E-state index >= 15 is 0 Å². The summed E-state index contributed by atoms with van der Waals surface area (Å²) in [7, 11) is 1.44. The van der Waals surface area contributed by atoms with Crippen LogP contribution in [-0.2, 0) is 19.1 Å². The van der Waals surface area contributed by atoms with Crippen LogP contribution in [0.25, 0.3) is 0 Å². The molecule has 0 N–H and O–H groups in total. The number of hydrogen-bond acceptors (Lipinski definition) is 5. The van der Waals surface area contributed by atoms with Crippen molar-refractivity contribution >= 4 is 23.7 Å². The Morgan fingerprint density at radius 2 is 1.87 bits per heavy atom. The van der Waals surface area contributed by atoms with Gasteiger partial charge < -0.3 is 9.47 Å². The van der Waals surface area contributed by atoms with Crippen molar-refractivity contribution in [3.8, 4) is 0 Å². The maximum atomic E-state index is 12.1. The largest absolute Gasteiger partial charge is 0.469 e. The molecule has 5 heteroatoms. The standard InChI is InChI=1S/C26H44O4S/c1-5-7-14-21(3)15-10-11-16-22-18-19-23(30-25(28)13-6-2)26(22)31-20-12-8-9-17-24(27)29-4/h11,16,21-22H,5-10,12-15,17-20H2,1-4H3/b16-11+/t21-,22?/m1/s1. The molecule has 0 amide bonds. The van der Waals surface area contributed by atoms with Crippen molar-refractivity contribution in [2.24, 2.45) is 11.8 Å². The lowest BCUT2D eigenvalue weighted by molar-refractivity contribution is -0.141. The highest BCUT2D eigenvalue weighted by atomic mass is 32.2. The van der Waals surface area contributed by atoms with E-state index in [1.807, 2.05) is 18.7 Å². The SMILES string of the molecule is CCCC[C@@H](C)CC/C=C/C1CCC(OC(=O)CCC)=C1SCCCCCC(=O)OC. The minimum absolute atomic E-state index is 0.108. The van der Waals surface area contributed by atoms with Crippen molar-refractivity contribution < 1.29 is 19.1 Å². The molecule has 0 saturated heterocycles. The topological polar surface area (TPSA) is 52.6 Å². The van der Waals surface area contributed by atoms with Gasteiger partial charge >= 0.3 is 11.9 Å². The highest BCUT2D eigenvalue weighted by Crippen LogP contribution is 2.41. The number of thioether (sulfide) groups is 1. The van der Waals surface area contributed by atoms with Crippen LogP contribution in [0.2, 0.25) is 0 Å². The highest BCUT2D eigenvalue weighted by molar-refractivity contribution is 8.03. The summed E-state index contributed by atoms with van der Waals surface area (Å²) in [6, 6.07) is 0. The summed E-state index contributed by atoms with van der Waals surface area (Å²) in [6.45, 7) is 6.61. The van der Waals surface area contributed by atoms with Gasteiger partial charge in [-0.1, -0.05) is 58.6 Å². The Morgan fingerprint density at radius 3 is 2.58 bits per heavy atom. The monoisotopic (exact) mass is 452 g/mol. The zero-order valence-electron chi connectivity index (χ0n) is 20.3. The van der Waals surface area contributed by atoms with Gasteiger partial charge in [-0.15, -0.1) is 11.8 Å². The van der Waals surface area contributed by atoms with Gasteiger partial charge in [-0.3, -0.25) is 9.59 Å². The van der Waals surface area contributed by atoms with Gasteiger partial charge in [0, 0.05) is 30.1 Å². The van der Waals surface area contributed by atoms with Gasteiger partial charge in [0.05, 0.1) is 7.11 Å². The average molecular weight is 453 g/mol. The number of esters is 2. The minimum Gasteiger partial charge on any atom is -0.469 e. The fourth-order valence-electron chi connectivity index (χ4n) is 3.78. The fourth-order valence-corrected chi connectivity index (χ4v) is 5.07. The van der Waals surface area contributed by atoms with Crippen LogP contribution in [0, 0.1) is 11.8 Å². The molecule has 4 nitrogen and oxygen atoms in total. The first kappa shape index (κ1) is 27.8. The zero-order valence-corrected chi connectivity index (χ0v) is 21.1. The number of methoxy groups -OCH3 is 1. The first-order chi connectivity index (χ1) is 15.0. The summed E-state index contributed by atoms with van der Waals surface area (Å²) in [4.78, 5) is 24.5. The maximum absolute atomic E-state index is 12.1. The second-order valence-corrected chi connectivity index (χ2v) is 9.78. The average Bonchev–Trinajstić information content (AvgIpc) is 3.13. The number of hydrogen-bond donors (Lipinski definition) is 0. The predicted octanol–water partition coefficient (Wildman–Crippen LogP) is 7.58. The van der Waals surface area contributed by atoms with Gasteiger partial charge in [-0.2, -0.15) is 0 Å². The van der Waals surface area contributed by atoms with Crippen LogP contribution < -0.4 is 0 Å². The van der Waals surface area contributed by atoms with Crippen LogP contribution in [0.3, 0.4) is 0 Å². The van der Waals surface area contributed by atoms with Crippen molar-refractivity contribution in [3.05, 3.63) is 22.8 Å². The van der Waals surface area contributed by atoms with Gasteiger partial charge in [0.25, 0.3) is 0 Å². The first-order valence-electron chi connectivity index (χ1n) is 12.3. The van der Waals surface area contributed by atoms with Crippen molar-refractivity contribution in [1.82, 2.24) is 0 Å². The minimum atomic E-state index is -0.134.